The van der Waals surface area contributed by atoms with Crippen LogP contribution in [0.1, 0.15) is 17.0 Å². The van der Waals surface area contributed by atoms with Gasteiger partial charge in [0.25, 0.3) is 5.56 Å². The highest BCUT2D eigenvalue weighted by Crippen LogP contribution is 2.28. The monoisotopic (exact) mass is 386 g/mol. The average molecular weight is 386 g/mol. The van der Waals surface area contributed by atoms with Crippen molar-refractivity contribution in [1.29, 1.82) is 0 Å². The predicted octanol–water partition coefficient (Wildman–Crippen LogP) is 4.30. The lowest BCUT2D eigenvalue weighted by molar-refractivity contribution is 0.354. The van der Waals surface area contributed by atoms with Crippen molar-refractivity contribution < 1.29 is 9.47 Å². The van der Waals surface area contributed by atoms with Crippen LogP contribution in [0.3, 0.4) is 0 Å². The van der Waals surface area contributed by atoms with Crippen LogP contribution in [0.25, 0.3) is 16.6 Å². The molecule has 0 saturated carbocycles. The Balaban J connectivity index is 1.90. The summed E-state index contributed by atoms with van der Waals surface area (Å²) in [5.74, 6) is 1.98. The van der Waals surface area contributed by atoms with E-state index >= 15 is 0 Å². The third-order valence-corrected chi connectivity index (χ3v) is 4.95. The number of aryl methyl sites for hydroxylation is 1. The smallest absolute Gasteiger partial charge is 0.265 e. The molecule has 29 heavy (non-hydrogen) atoms. The molecule has 0 unspecified atom stereocenters. The van der Waals surface area contributed by atoms with Gasteiger partial charge in [-0.3, -0.25) is 9.36 Å². The Labute approximate surface area is 169 Å². The van der Waals surface area contributed by atoms with Crippen molar-refractivity contribution >= 4 is 10.9 Å². The Hall–Kier alpha value is -3.60. The van der Waals surface area contributed by atoms with E-state index in [1.54, 1.807) is 18.8 Å². The minimum Gasteiger partial charge on any atom is -0.493 e. The molecule has 1 aromatic heterocycles. The maximum absolute atomic E-state index is 13.3. The number of rotatable bonds is 5. The van der Waals surface area contributed by atoms with Gasteiger partial charge in [-0.25, -0.2) is 4.98 Å². The van der Waals surface area contributed by atoms with Gasteiger partial charge < -0.3 is 9.47 Å². The lowest BCUT2D eigenvalue weighted by Crippen LogP contribution is -2.24. The summed E-state index contributed by atoms with van der Waals surface area (Å²) >= 11 is 0. The number of aromatic nitrogens is 2. The number of benzene rings is 3. The largest absolute Gasteiger partial charge is 0.493 e. The molecule has 3 aromatic carbocycles. The minimum atomic E-state index is -0.0741. The molecule has 146 valence electrons. The standard InChI is InChI=1S/C24H22N2O3/c1-16-8-11-18(12-9-16)26-23(25-20-7-5-4-6-19(20)24(26)27)15-17-10-13-21(28-2)22(14-17)29-3/h4-14H,15H2,1-3H3. The fourth-order valence-electron chi connectivity index (χ4n) is 3.43. The third kappa shape index (κ3) is 3.59. The quantitative estimate of drug-likeness (QED) is 0.513. The van der Waals surface area contributed by atoms with Crippen molar-refractivity contribution in [2.24, 2.45) is 0 Å². The summed E-state index contributed by atoms with van der Waals surface area (Å²) in [5.41, 5.74) is 3.53. The van der Waals surface area contributed by atoms with E-state index in [9.17, 15) is 4.79 Å². The molecule has 4 rings (SSSR count). The molecule has 0 spiro atoms. The summed E-state index contributed by atoms with van der Waals surface area (Å²) in [6.45, 7) is 2.02. The van der Waals surface area contributed by atoms with Crippen LogP contribution in [0, 0.1) is 6.92 Å². The van der Waals surface area contributed by atoms with Crippen LogP contribution >= 0.6 is 0 Å². The third-order valence-electron chi connectivity index (χ3n) is 4.95. The molecule has 5 nitrogen and oxygen atoms in total. The van der Waals surface area contributed by atoms with Gasteiger partial charge in [-0.1, -0.05) is 35.9 Å². The molecule has 0 aliphatic carbocycles. The first kappa shape index (κ1) is 18.7. The van der Waals surface area contributed by atoms with Gasteiger partial charge in [0.1, 0.15) is 5.82 Å². The summed E-state index contributed by atoms with van der Waals surface area (Å²) in [7, 11) is 3.22. The summed E-state index contributed by atoms with van der Waals surface area (Å²) in [5, 5.41) is 0.601. The molecule has 0 bridgehead atoms. The van der Waals surface area contributed by atoms with Gasteiger partial charge in [-0.15, -0.1) is 0 Å². The van der Waals surface area contributed by atoms with Gasteiger partial charge >= 0.3 is 0 Å². The van der Waals surface area contributed by atoms with Gasteiger partial charge in [0, 0.05) is 6.42 Å². The van der Waals surface area contributed by atoms with Crippen molar-refractivity contribution in [2.45, 2.75) is 13.3 Å². The van der Waals surface area contributed by atoms with Gasteiger partial charge in [0.15, 0.2) is 11.5 Å². The molecule has 0 aliphatic heterocycles. The van der Waals surface area contributed by atoms with E-state index in [0.29, 0.717) is 34.6 Å². The lowest BCUT2D eigenvalue weighted by Gasteiger charge is -2.15. The fraction of sp³-hybridized carbons (Fsp3) is 0.167. The molecule has 1 heterocycles. The number of hydrogen-bond donors (Lipinski definition) is 0. The summed E-state index contributed by atoms with van der Waals surface area (Å²) in [4.78, 5) is 18.1. The number of fused-ring (bicyclic) bond motifs is 1. The Morgan fingerprint density at radius 2 is 1.62 bits per heavy atom. The second-order valence-corrected chi connectivity index (χ2v) is 6.89. The Bertz CT molecular complexity index is 1230. The molecule has 0 radical (unpaired) electrons. The van der Waals surface area contributed by atoms with Crippen LogP contribution in [0.5, 0.6) is 11.5 Å². The molecule has 4 aromatic rings. The van der Waals surface area contributed by atoms with Gasteiger partial charge in [0.2, 0.25) is 0 Å². The van der Waals surface area contributed by atoms with Crippen LogP contribution in [0.4, 0.5) is 0 Å². The van der Waals surface area contributed by atoms with Crippen LogP contribution < -0.4 is 15.0 Å². The van der Waals surface area contributed by atoms with Crippen molar-refractivity contribution in [3.8, 4) is 17.2 Å². The van der Waals surface area contributed by atoms with E-state index in [-0.39, 0.29) is 5.56 Å². The van der Waals surface area contributed by atoms with Crippen LogP contribution in [0.2, 0.25) is 0 Å². The van der Waals surface area contributed by atoms with Crippen molar-refractivity contribution in [1.82, 2.24) is 9.55 Å². The second-order valence-electron chi connectivity index (χ2n) is 6.89. The molecule has 0 fully saturated rings. The van der Waals surface area contributed by atoms with E-state index in [1.165, 1.54) is 0 Å². The Morgan fingerprint density at radius 1 is 0.897 bits per heavy atom. The zero-order valence-corrected chi connectivity index (χ0v) is 16.7. The molecular weight excluding hydrogens is 364 g/mol. The van der Waals surface area contributed by atoms with Crippen LogP contribution in [-0.4, -0.2) is 23.8 Å². The van der Waals surface area contributed by atoms with Crippen molar-refractivity contribution in [3.05, 3.63) is 94.0 Å². The molecule has 5 heteroatoms. The number of hydrogen-bond acceptors (Lipinski definition) is 4. The first-order chi connectivity index (χ1) is 14.1. The minimum absolute atomic E-state index is 0.0741. The zero-order chi connectivity index (χ0) is 20.4. The van der Waals surface area contributed by atoms with E-state index < -0.39 is 0 Å². The lowest BCUT2D eigenvalue weighted by atomic mass is 10.1. The average Bonchev–Trinajstić information content (AvgIpc) is 2.75. The molecule has 0 atom stereocenters. The number of nitrogens with zero attached hydrogens (tertiary/aromatic N) is 2. The highest BCUT2D eigenvalue weighted by Gasteiger charge is 2.14. The Morgan fingerprint density at radius 3 is 2.34 bits per heavy atom. The maximum atomic E-state index is 13.3. The highest BCUT2D eigenvalue weighted by molar-refractivity contribution is 5.77. The maximum Gasteiger partial charge on any atom is 0.265 e. The molecule has 0 aliphatic rings. The molecule has 0 saturated heterocycles. The fourth-order valence-corrected chi connectivity index (χ4v) is 3.43. The molecule has 0 N–H and O–H groups in total. The topological polar surface area (TPSA) is 53.3 Å². The molecular formula is C24H22N2O3. The van der Waals surface area contributed by atoms with E-state index in [2.05, 4.69) is 0 Å². The second kappa shape index (κ2) is 7.80. The predicted molar refractivity (Wildman–Crippen MR) is 114 cm³/mol. The SMILES string of the molecule is COc1ccc(Cc2nc3ccccc3c(=O)n2-c2ccc(C)cc2)cc1OC. The summed E-state index contributed by atoms with van der Waals surface area (Å²) in [6, 6.07) is 21.1. The highest BCUT2D eigenvalue weighted by atomic mass is 16.5. The van der Waals surface area contributed by atoms with E-state index in [0.717, 1.165) is 16.8 Å². The number of ether oxygens (including phenoxy) is 2. The molecule has 0 amide bonds. The van der Waals surface area contributed by atoms with E-state index in [1.807, 2.05) is 73.7 Å². The summed E-state index contributed by atoms with van der Waals surface area (Å²) < 4.78 is 12.4. The zero-order valence-electron chi connectivity index (χ0n) is 16.7. The first-order valence-electron chi connectivity index (χ1n) is 9.39. The van der Waals surface area contributed by atoms with Gasteiger partial charge in [0.05, 0.1) is 30.8 Å². The van der Waals surface area contributed by atoms with Crippen LogP contribution in [-0.2, 0) is 6.42 Å². The van der Waals surface area contributed by atoms with Crippen molar-refractivity contribution in [3.63, 3.8) is 0 Å². The van der Waals surface area contributed by atoms with Gasteiger partial charge in [-0.2, -0.15) is 0 Å². The van der Waals surface area contributed by atoms with Gasteiger partial charge in [-0.05, 0) is 48.9 Å². The van der Waals surface area contributed by atoms with E-state index in [4.69, 9.17) is 14.5 Å². The summed E-state index contributed by atoms with van der Waals surface area (Å²) in [6.07, 6.45) is 0.480. The van der Waals surface area contributed by atoms with Crippen LogP contribution in [0.15, 0.2) is 71.5 Å². The number of methoxy groups -OCH3 is 2. The Kier molecular flexibility index (Phi) is 5.04. The normalized spacial score (nSPS) is 10.9. The number of para-hydroxylation sites is 1. The first-order valence-corrected chi connectivity index (χ1v) is 9.39. The van der Waals surface area contributed by atoms with Crippen molar-refractivity contribution in [2.75, 3.05) is 14.2 Å².